The molecule has 0 amide bonds. The highest BCUT2D eigenvalue weighted by molar-refractivity contribution is 7.02. The van der Waals surface area contributed by atoms with Crippen LogP contribution in [0.2, 0.25) is 12.1 Å². The maximum absolute atomic E-state index is 2.54. The first kappa shape index (κ1) is 15.0. The van der Waals surface area contributed by atoms with Crippen molar-refractivity contribution in [2.24, 2.45) is 0 Å². The lowest BCUT2D eigenvalue weighted by Crippen LogP contribution is -2.59. The van der Waals surface area contributed by atoms with Crippen molar-refractivity contribution in [3.8, 4) is 0 Å². The summed E-state index contributed by atoms with van der Waals surface area (Å²) in [5.74, 6) is 0. The molecule has 0 saturated heterocycles. The number of benzene rings is 2. The summed E-state index contributed by atoms with van der Waals surface area (Å²) in [6.45, 7) is 7.05. The molecule has 112 valence electrons. The molecule has 0 fully saturated rings. The van der Waals surface area contributed by atoms with Gasteiger partial charge in [0.15, 0.2) is 0 Å². The molecule has 2 aromatic carbocycles. The van der Waals surface area contributed by atoms with Crippen LogP contribution in [0.1, 0.15) is 20.3 Å². The molecule has 2 aromatic rings. The molecule has 22 heavy (non-hydrogen) atoms. The molecule has 0 nitrogen and oxygen atoms in total. The Morgan fingerprint density at radius 1 is 0.864 bits per heavy atom. The standard InChI is InChI=1S/C21H24Si/c1-17(2)20-15-10-16-21(20)22(3,18-11-6-4-7-12-18)19-13-8-5-9-14-19/h4-15,21H,16H2,1-3H3/t21-/m1/s1. The first-order valence-electron chi connectivity index (χ1n) is 8.09. The molecule has 0 heterocycles. The van der Waals surface area contributed by atoms with Crippen LogP contribution in [-0.2, 0) is 0 Å². The van der Waals surface area contributed by atoms with Crippen molar-refractivity contribution in [2.75, 3.05) is 0 Å². The molecule has 0 aromatic heterocycles. The molecule has 0 saturated carbocycles. The summed E-state index contributed by atoms with van der Waals surface area (Å²) in [6.07, 6.45) is 5.90. The fourth-order valence-electron chi connectivity index (χ4n) is 3.77. The Hall–Kier alpha value is -1.86. The van der Waals surface area contributed by atoms with Gasteiger partial charge in [-0.1, -0.05) is 95.3 Å². The van der Waals surface area contributed by atoms with Crippen LogP contribution in [0.4, 0.5) is 0 Å². The van der Waals surface area contributed by atoms with Crippen molar-refractivity contribution in [1.29, 1.82) is 0 Å². The maximum Gasteiger partial charge on any atom is 0.122 e. The van der Waals surface area contributed by atoms with Gasteiger partial charge >= 0.3 is 0 Å². The molecule has 0 aliphatic heterocycles. The second-order valence-corrected chi connectivity index (χ2v) is 10.8. The summed E-state index contributed by atoms with van der Waals surface area (Å²) >= 11 is 0. The molecular weight excluding hydrogens is 280 g/mol. The molecule has 1 aliphatic rings. The third-order valence-corrected chi connectivity index (χ3v) is 10.1. The van der Waals surface area contributed by atoms with E-state index in [-0.39, 0.29) is 0 Å². The normalized spacial score (nSPS) is 17.8. The third-order valence-electron chi connectivity index (χ3n) is 5.07. The highest BCUT2D eigenvalue weighted by atomic mass is 28.3. The van der Waals surface area contributed by atoms with Gasteiger partial charge in [0, 0.05) is 0 Å². The van der Waals surface area contributed by atoms with Crippen molar-refractivity contribution in [2.45, 2.75) is 32.4 Å². The predicted molar refractivity (Wildman–Crippen MR) is 99.7 cm³/mol. The number of hydrogen-bond donors (Lipinski definition) is 0. The smallest absolute Gasteiger partial charge is 0.0839 e. The van der Waals surface area contributed by atoms with Crippen molar-refractivity contribution in [3.63, 3.8) is 0 Å². The Balaban J connectivity index is 2.19. The van der Waals surface area contributed by atoms with E-state index in [0.29, 0.717) is 5.54 Å². The topological polar surface area (TPSA) is 0 Å². The number of hydrogen-bond acceptors (Lipinski definition) is 0. The Kier molecular flexibility index (Phi) is 4.17. The van der Waals surface area contributed by atoms with Crippen LogP contribution in [0.5, 0.6) is 0 Å². The van der Waals surface area contributed by atoms with Crippen LogP contribution in [0.15, 0.2) is 84.0 Å². The van der Waals surface area contributed by atoms with Gasteiger partial charge in [-0.2, -0.15) is 0 Å². The monoisotopic (exact) mass is 304 g/mol. The fourth-order valence-corrected chi connectivity index (χ4v) is 8.30. The van der Waals surface area contributed by atoms with Crippen LogP contribution >= 0.6 is 0 Å². The van der Waals surface area contributed by atoms with Gasteiger partial charge in [0.2, 0.25) is 0 Å². The number of rotatable bonds is 3. The Bertz CT molecular complexity index is 652. The first-order chi connectivity index (χ1) is 10.6. The van der Waals surface area contributed by atoms with Gasteiger partial charge in [0.1, 0.15) is 8.07 Å². The van der Waals surface area contributed by atoms with Crippen LogP contribution in [0, 0.1) is 0 Å². The predicted octanol–water partition coefficient (Wildman–Crippen LogP) is 4.55. The van der Waals surface area contributed by atoms with E-state index in [4.69, 9.17) is 0 Å². The highest BCUT2D eigenvalue weighted by Gasteiger charge is 2.42. The van der Waals surface area contributed by atoms with E-state index in [0.717, 1.165) is 0 Å². The largest absolute Gasteiger partial charge is 0.122 e. The van der Waals surface area contributed by atoms with Crippen LogP contribution in [0.3, 0.4) is 0 Å². The quantitative estimate of drug-likeness (QED) is 0.730. The zero-order valence-corrected chi connectivity index (χ0v) is 14.7. The lowest BCUT2D eigenvalue weighted by atomic mass is 10.1. The molecule has 0 bridgehead atoms. The van der Waals surface area contributed by atoms with Crippen molar-refractivity contribution >= 4 is 18.4 Å². The molecule has 0 spiro atoms. The SMILES string of the molecule is CC(C)=C1C=CC[C@H]1[Si](C)(c1ccccc1)c1ccccc1. The summed E-state index contributed by atoms with van der Waals surface area (Å²) in [5, 5.41) is 3.07. The van der Waals surface area contributed by atoms with Gasteiger partial charge in [0.05, 0.1) is 0 Å². The molecule has 1 heteroatoms. The van der Waals surface area contributed by atoms with Gasteiger partial charge < -0.3 is 0 Å². The van der Waals surface area contributed by atoms with Crippen LogP contribution in [-0.4, -0.2) is 8.07 Å². The van der Waals surface area contributed by atoms with Crippen molar-refractivity contribution in [1.82, 2.24) is 0 Å². The summed E-state index contributed by atoms with van der Waals surface area (Å²) in [6, 6.07) is 22.3. The first-order valence-corrected chi connectivity index (χ1v) is 10.7. The minimum absolute atomic E-state index is 0.641. The highest BCUT2D eigenvalue weighted by Crippen LogP contribution is 2.40. The molecule has 3 rings (SSSR count). The lowest BCUT2D eigenvalue weighted by molar-refractivity contribution is 0.993. The zero-order chi connectivity index (χ0) is 15.6. The fraction of sp³-hybridized carbons (Fsp3) is 0.238. The maximum atomic E-state index is 2.54. The summed E-state index contributed by atoms with van der Waals surface area (Å²) in [7, 11) is -1.81. The summed E-state index contributed by atoms with van der Waals surface area (Å²) < 4.78 is 0. The van der Waals surface area contributed by atoms with Gasteiger partial charge in [-0.3, -0.25) is 0 Å². The molecule has 0 radical (unpaired) electrons. The average molecular weight is 305 g/mol. The molecule has 0 N–H and O–H groups in total. The minimum atomic E-state index is -1.81. The Labute approximate surface area is 135 Å². The van der Waals surface area contributed by atoms with Crippen LogP contribution < -0.4 is 10.4 Å². The average Bonchev–Trinajstić information content (AvgIpc) is 3.06. The van der Waals surface area contributed by atoms with E-state index in [1.807, 2.05) is 0 Å². The van der Waals surface area contributed by atoms with Gasteiger partial charge in [-0.25, -0.2) is 0 Å². The molecule has 1 atom stereocenters. The van der Waals surface area contributed by atoms with E-state index in [2.05, 4.69) is 93.2 Å². The molecular formula is C21H24Si. The lowest BCUT2D eigenvalue weighted by Gasteiger charge is -2.36. The summed E-state index contributed by atoms with van der Waals surface area (Å²) in [4.78, 5) is 0. The Morgan fingerprint density at radius 3 is 1.82 bits per heavy atom. The summed E-state index contributed by atoms with van der Waals surface area (Å²) in [5.41, 5.74) is 3.66. The van der Waals surface area contributed by atoms with Crippen LogP contribution in [0.25, 0.3) is 0 Å². The van der Waals surface area contributed by atoms with E-state index in [1.54, 1.807) is 5.57 Å². The third kappa shape index (κ3) is 2.50. The minimum Gasteiger partial charge on any atom is -0.0839 e. The van der Waals surface area contributed by atoms with Gasteiger partial charge in [-0.05, 0) is 31.4 Å². The van der Waals surface area contributed by atoms with Crippen molar-refractivity contribution < 1.29 is 0 Å². The van der Waals surface area contributed by atoms with E-state index in [9.17, 15) is 0 Å². The number of allylic oxidation sites excluding steroid dienone is 4. The van der Waals surface area contributed by atoms with E-state index < -0.39 is 8.07 Å². The molecule has 1 aliphatic carbocycles. The second kappa shape index (κ2) is 6.10. The molecule has 0 unspecified atom stereocenters. The van der Waals surface area contributed by atoms with Gasteiger partial charge in [-0.15, -0.1) is 0 Å². The van der Waals surface area contributed by atoms with Gasteiger partial charge in [0.25, 0.3) is 0 Å². The van der Waals surface area contributed by atoms with Crippen molar-refractivity contribution in [3.05, 3.63) is 84.0 Å². The zero-order valence-electron chi connectivity index (χ0n) is 13.7. The Morgan fingerprint density at radius 2 is 1.36 bits per heavy atom. The van der Waals surface area contributed by atoms with E-state index in [1.165, 1.54) is 22.4 Å². The second-order valence-electron chi connectivity index (χ2n) is 6.58. The van der Waals surface area contributed by atoms with E-state index >= 15 is 0 Å².